The monoisotopic (exact) mass is 484 g/mol. The lowest BCUT2D eigenvalue weighted by Crippen LogP contribution is -2.43. The van der Waals surface area contributed by atoms with Gasteiger partial charge in [0.15, 0.2) is 0 Å². The number of hydrogen-bond acceptors (Lipinski definition) is 4. The van der Waals surface area contributed by atoms with Crippen molar-refractivity contribution >= 4 is 21.6 Å². The molecule has 0 aromatic heterocycles. The van der Waals surface area contributed by atoms with E-state index in [9.17, 15) is 26.4 Å². The Bertz CT molecular complexity index is 1120. The summed E-state index contributed by atoms with van der Waals surface area (Å²) in [6, 6.07) is 9.68. The molecular weight excluding hydrogens is 457 g/mol. The molecule has 1 saturated heterocycles. The van der Waals surface area contributed by atoms with Gasteiger partial charge in [-0.15, -0.1) is 0 Å². The molecule has 0 saturated carbocycles. The lowest BCUT2D eigenvalue weighted by molar-refractivity contribution is -0.137. The van der Waals surface area contributed by atoms with Gasteiger partial charge in [0.2, 0.25) is 15.9 Å². The molecule has 180 valence electrons. The van der Waals surface area contributed by atoms with Crippen molar-refractivity contribution in [3.05, 3.63) is 53.6 Å². The van der Waals surface area contributed by atoms with E-state index in [0.29, 0.717) is 12.8 Å². The zero-order chi connectivity index (χ0) is 24.4. The lowest BCUT2D eigenvalue weighted by atomic mass is 9.98. The fourth-order valence-corrected chi connectivity index (χ4v) is 5.56. The number of piperidine rings is 1. The number of alkyl halides is 3. The average molecular weight is 485 g/mol. The molecule has 1 aliphatic heterocycles. The molecule has 0 unspecified atom stereocenters. The highest BCUT2D eigenvalue weighted by molar-refractivity contribution is 7.89. The number of anilines is 1. The third-order valence-electron chi connectivity index (χ3n) is 5.72. The van der Waals surface area contributed by atoms with Gasteiger partial charge in [0.1, 0.15) is 10.6 Å². The van der Waals surface area contributed by atoms with Gasteiger partial charge in [-0.05, 0) is 48.6 Å². The van der Waals surface area contributed by atoms with Crippen LogP contribution in [0, 0.1) is 5.92 Å². The van der Waals surface area contributed by atoms with E-state index in [2.05, 4.69) is 5.32 Å². The number of sulfonamides is 1. The predicted octanol–water partition coefficient (Wildman–Crippen LogP) is 4.88. The van der Waals surface area contributed by atoms with E-state index in [-0.39, 0.29) is 35.3 Å². The van der Waals surface area contributed by atoms with E-state index in [1.165, 1.54) is 29.6 Å². The Labute approximate surface area is 191 Å². The van der Waals surface area contributed by atoms with Crippen molar-refractivity contribution in [3.63, 3.8) is 0 Å². The van der Waals surface area contributed by atoms with Gasteiger partial charge in [0, 0.05) is 13.1 Å². The molecule has 2 aromatic carbocycles. The number of carbonyl (C=O) groups excluding carboxylic acids is 1. The van der Waals surface area contributed by atoms with Crippen LogP contribution in [0.3, 0.4) is 0 Å². The van der Waals surface area contributed by atoms with Crippen LogP contribution in [0.15, 0.2) is 47.4 Å². The standard InChI is InChI=1S/C23H27F3N2O4S/c1-15(2)16-10-11-20(32-3)21(13-16)33(30,31)28-12-6-7-17(14-28)22(29)27-19-9-5-4-8-18(19)23(24,25)26/h4-5,8-11,13,15,17H,6-7,12,14H2,1-3H3,(H,27,29)/t17-/m1/s1. The molecule has 1 heterocycles. The van der Waals surface area contributed by atoms with Gasteiger partial charge in [0.05, 0.1) is 24.3 Å². The number of carbonyl (C=O) groups is 1. The maximum Gasteiger partial charge on any atom is 0.418 e. The number of nitrogens with one attached hydrogen (secondary N) is 1. The van der Waals surface area contributed by atoms with E-state index >= 15 is 0 Å². The fraction of sp³-hybridized carbons (Fsp3) is 0.435. The summed E-state index contributed by atoms with van der Waals surface area (Å²) in [4.78, 5) is 12.8. The summed E-state index contributed by atoms with van der Waals surface area (Å²) in [7, 11) is -2.60. The first-order chi connectivity index (χ1) is 15.4. The molecule has 0 aliphatic carbocycles. The Hall–Kier alpha value is -2.59. The summed E-state index contributed by atoms with van der Waals surface area (Å²) in [5, 5.41) is 2.34. The summed E-state index contributed by atoms with van der Waals surface area (Å²) in [6.45, 7) is 3.97. The Morgan fingerprint density at radius 2 is 1.88 bits per heavy atom. The number of amides is 1. The Morgan fingerprint density at radius 1 is 1.18 bits per heavy atom. The molecule has 10 heteroatoms. The zero-order valence-electron chi connectivity index (χ0n) is 18.6. The summed E-state index contributed by atoms with van der Waals surface area (Å²) in [6.07, 6.45) is -3.84. The maximum atomic E-state index is 13.4. The van der Waals surface area contributed by atoms with E-state index in [1.54, 1.807) is 18.2 Å². The van der Waals surface area contributed by atoms with Crippen molar-refractivity contribution in [1.82, 2.24) is 4.31 Å². The number of halogens is 3. The van der Waals surface area contributed by atoms with Crippen LogP contribution in [-0.2, 0) is 21.0 Å². The highest BCUT2D eigenvalue weighted by Gasteiger charge is 2.37. The molecule has 3 rings (SSSR count). The van der Waals surface area contributed by atoms with Crippen LogP contribution < -0.4 is 10.1 Å². The van der Waals surface area contributed by atoms with E-state index in [1.807, 2.05) is 13.8 Å². The van der Waals surface area contributed by atoms with Crippen LogP contribution in [-0.4, -0.2) is 38.8 Å². The molecule has 6 nitrogen and oxygen atoms in total. The Balaban J connectivity index is 1.84. The van der Waals surface area contributed by atoms with Gasteiger partial charge in [0.25, 0.3) is 0 Å². The first kappa shape index (κ1) is 25.0. The molecular formula is C23H27F3N2O4S. The smallest absolute Gasteiger partial charge is 0.418 e. The zero-order valence-corrected chi connectivity index (χ0v) is 19.5. The number of benzene rings is 2. The molecule has 0 radical (unpaired) electrons. The Morgan fingerprint density at radius 3 is 2.52 bits per heavy atom. The SMILES string of the molecule is COc1ccc(C(C)C)cc1S(=O)(=O)N1CCC[C@@H](C(=O)Nc2ccccc2C(F)(F)F)C1. The van der Waals surface area contributed by atoms with Crippen molar-refractivity contribution in [3.8, 4) is 5.75 Å². The number of methoxy groups -OCH3 is 1. The average Bonchev–Trinajstić information content (AvgIpc) is 2.78. The number of nitrogens with zero attached hydrogens (tertiary/aromatic N) is 1. The van der Waals surface area contributed by atoms with Gasteiger partial charge in [-0.3, -0.25) is 4.79 Å². The van der Waals surface area contributed by atoms with Crippen molar-refractivity contribution in [2.45, 2.75) is 43.7 Å². The molecule has 33 heavy (non-hydrogen) atoms. The number of ether oxygens (including phenoxy) is 1. The predicted molar refractivity (Wildman–Crippen MR) is 119 cm³/mol. The van der Waals surface area contributed by atoms with Crippen LogP contribution in [0.1, 0.15) is 43.7 Å². The highest BCUT2D eigenvalue weighted by atomic mass is 32.2. The highest BCUT2D eigenvalue weighted by Crippen LogP contribution is 2.36. The van der Waals surface area contributed by atoms with E-state index in [0.717, 1.165) is 11.6 Å². The summed E-state index contributed by atoms with van der Waals surface area (Å²) in [5.41, 5.74) is -0.473. The molecule has 1 fully saturated rings. The third kappa shape index (κ3) is 5.50. The lowest BCUT2D eigenvalue weighted by Gasteiger charge is -2.32. The minimum atomic E-state index is -4.62. The van der Waals surface area contributed by atoms with Crippen LogP contribution in [0.25, 0.3) is 0 Å². The second kappa shape index (κ2) is 9.72. The third-order valence-corrected chi connectivity index (χ3v) is 7.60. The molecule has 1 aliphatic rings. The topological polar surface area (TPSA) is 75.7 Å². The van der Waals surface area contributed by atoms with E-state index < -0.39 is 33.6 Å². The number of rotatable bonds is 6. The van der Waals surface area contributed by atoms with Crippen LogP contribution >= 0.6 is 0 Å². The van der Waals surface area contributed by atoms with Crippen molar-refractivity contribution in [1.29, 1.82) is 0 Å². The second-order valence-corrected chi connectivity index (χ2v) is 10.2. The van der Waals surface area contributed by atoms with Gasteiger partial charge in [-0.1, -0.05) is 32.0 Å². The summed E-state index contributed by atoms with van der Waals surface area (Å²) >= 11 is 0. The normalized spacial score (nSPS) is 17.7. The first-order valence-electron chi connectivity index (χ1n) is 10.6. The molecule has 2 aromatic rings. The quantitative estimate of drug-likeness (QED) is 0.634. The molecule has 0 spiro atoms. The second-order valence-electron chi connectivity index (χ2n) is 8.30. The van der Waals surface area contributed by atoms with Gasteiger partial charge in [-0.25, -0.2) is 8.42 Å². The summed E-state index contributed by atoms with van der Waals surface area (Å²) < 4.78 is 73.1. The molecule has 0 bridgehead atoms. The molecule has 1 N–H and O–H groups in total. The van der Waals surface area contributed by atoms with Crippen LogP contribution in [0.4, 0.5) is 18.9 Å². The maximum absolute atomic E-state index is 13.4. The van der Waals surface area contributed by atoms with Gasteiger partial charge < -0.3 is 10.1 Å². The number of para-hydroxylation sites is 1. The summed E-state index contributed by atoms with van der Waals surface area (Å²) in [5.74, 6) is -1.13. The van der Waals surface area contributed by atoms with Crippen molar-refractivity contribution in [2.75, 3.05) is 25.5 Å². The van der Waals surface area contributed by atoms with Crippen LogP contribution in [0.5, 0.6) is 5.75 Å². The van der Waals surface area contributed by atoms with Crippen molar-refractivity contribution < 1.29 is 31.1 Å². The first-order valence-corrected chi connectivity index (χ1v) is 12.0. The molecule has 1 amide bonds. The molecule has 1 atom stereocenters. The van der Waals surface area contributed by atoms with Crippen LogP contribution in [0.2, 0.25) is 0 Å². The number of hydrogen-bond donors (Lipinski definition) is 1. The van der Waals surface area contributed by atoms with Gasteiger partial charge in [-0.2, -0.15) is 17.5 Å². The minimum Gasteiger partial charge on any atom is -0.495 e. The fourth-order valence-electron chi connectivity index (χ4n) is 3.84. The minimum absolute atomic E-state index is 0.0136. The van der Waals surface area contributed by atoms with E-state index in [4.69, 9.17) is 4.74 Å². The van der Waals surface area contributed by atoms with Crippen molar-refractivity contribution in [2.24, 2.45) is 5.92 Å². The Kier molecular flexibility index (Phi) is 7.38. The van der Waals surface area contributed by atoms with Gasteiger partial charge >= 0.3 is 6.18 Å². The largest absolute Gasteiger partial charge is 0.495 e.